The molecule has 0 saturated carbocycles. The molecule has 0 unspecified atom stereocenters. The second kappa shape index (κ2) is 10.1. The summed E-state index contributed by atoms with van der Waals surface area (Å²) < 4.78 is 49.7. The van der Waals surface area contributed by atoms with Gasteiger partial charge in [-0.2, -0.15) is 0 Å². The highest BCUT2D eigenvalue weighted by atomic mass is 19.1. The normalized spacial score (nSPS) is 10.4. The minimum absolute atomic E-state index is 0.0393. The van der Waals surface area contributed by atoms with Gasteiger partial charge in [0, 0.05) is 0 Å². The van der Waals surface area contributed by atoms with Crippen LogP contribution < -0.4 is 18.8 Å². The Bertz CT molecular complexity index is 1130. The number of methoxy groups -OCH3 is 2. The van der Waals surface area contributed by atoms with E-state index < -0.39 is 11.6 Å². The van der Waals surface area contributed by atoms with Gasteiger partial charge in [-0.05, 0) is 70.8 Å². The van der Waals surface area contributed by atoms with Gasteiger partial charge < -0.3 is 18.8 Å². The third-order valence-electron chi connectivity index (χ3n) is 5.06. The molecule has 0 aliphatic heterocycles. The topological polar surface area (TPSA) is 36.9 Å². The molecule has 0 bridgehead atoms. The molecule has 4 aromatic rings. The predicted octanol–water partition coefficient (Wildman–Crippen LogP) is 6.31. The number of hydrogen-bond acceptors (Lipinski definition) is 4. The first kappa shape index (κ1) is 22.2. The Hall–Kier alpha value is -4.00. The van der Waals surface area contributed by atoms with Crippen molar-refractivity contribution in [2.75, 3.05) is 14.2 Å². The zero-order valence-corrected chi connectivity index (χ0v) is 18.0. The Balaban J connectivity index is 1.38. The van der Waals surface area contributed by atoms with Crippen LogP contribution in [0.15, 0.2) is 84.9 Å². The van der Waals surface area contributed by atoms with E-state index in [1.54, 1.807) is 50.6 Å². The highest BCUT2D eigenvalue weighted by Gasteiger charge is 2.12. The number of ether oxygens (including phenoxy) is 2. The molecule has 1 radical (unpaired) electrons. The monoisotopic (exact) mass is 445 g/mol. The lowest BCUT2D eigenvalue weighted by atomic mass is 10.0. The van der Waals surface area contributed by atoms with Crippen molar-refractivity contribution < 1.29 is 27.6 Å². The lowest BCUT2D eigenvalue weighted by Gasteiger charge is -2.11. The standard InChI is InChI=1S/C26H20BF2O4/c1-30-21-9-3-17(4-10-21)19-7-13-25(23(28)15-19)32-27-33-26-14-8-20(16-24(26)29)18-5-11-22(31-2)12-6-18/h3-16H,1-2H3. The summed E-state index contributed by atoms with van der Waals surface area (Å²) >= 11 is 0. The van der Waals surface area contributed by atoms with Gasteiger partial charge in [-0.15, -0.1) is 0 Å². The van der Waals surface area contributed by atoms with Crippen LogP contribution in [-0.4, -0.2) is 21.9 Å². The van der Waals surface area contributed by atoms with Crippen LogP contribution in [0.25, 0.3) is 22.3 Å². The Morgan fingerprint density at radius 1 is 0.515 bits per heavy atom. The van der Waals surface area contributed by atoms with Crippen molar-refractivity contribution in [1.82, 2.24) is 0 Å². The summed E-state index contributed by atoms with van der Waals surface area (Å²) in [5.74, 6) is 0.215. The number of halogens is 2. The van der Waals surface area contributed by atoms with Crippen LogP contribution in [0.5, 0.6) is 23.0 Å². The van der Waals surface area contributed by atoms with Crippen molar-refractivity contribution in [2.45, 2.75) is 0 Å². The maximum Gasteiger partial charge on any atom is 0.658 e. The van der Waals surface area contributed by atoms with Crippen molar-refractivity contribution in [3.8, 4) is 45.3 Å². The fraction of sp³-hybridized carbons (Fsp3) is 0.0769. The van der Waals surface area contributed by atoms with Gasteiger partial charge in [0.15, 0.2) is 11.6 Å². The maximum absolute atomic E-state index is 14.5. The Kier molecular flexibility index (Phi) is 6.79. The molecule has 0 spiro atoms. The van der Waals surface area contributed by atoms with Crippen LogP contribution in [-0.2, 0) is 0 Å². The number of benzene rings is 4. The van der Waals surface area contributed by atoms with E-state index >= 15 is 0 Å². The van der Waals surface area contributed by atoms with Crippen molar-refractivity contribution in [1.29, 1.82) is 0 Å². The molecule has 4 rings (SSSR count). The van der Waals surface area contributed by atoms with Crippen LogP contribution >= 0.6 is 0 Å². The van der Waals surface area contributed by atoms with E-state index in [4.69, 9.17) is 18.8 Å². The quantitative estimate of drug-likeness (QED) is 0.298. The smallest absolute Gasteiger partial charge is 0.524 e. The van der Waals surface area contributed by atoms with E-state index in [-0.39, 0.29) is 11.5 Å². The third kappa shape index (κ3) is 5.26. The molecule has 4 nitrogen and oxygen atoms in total. The summed E-state index contributed by atoms with van der Waals surface area (Å²) in [6.07, 6.45) is 0. The summed E-state index contributed by atoms with van der Waals surface area (Å²) in [6, 6.07) is 23.7. The molecule has 0 heterocycles. The molecule has 7 heteroatoms. The van der Waals surface area contributed by atoms with E-state index in [1.807, 2.05) is 24.3 Å². The molecule has 33 heavy (non-hydrogen) atoms. The van der Waals surface area contributed by atoms with Crippen LogP contribution in [0.1, 0.15) is 0 Å². The molecule has 165 valence electrons. The van der Waals surface area contributed by atoms with Crippen molar-refractivity contribution in [3.05, 3.63) is 96.6 Å². The average molecular weight is 445 g/mol. The van der Waals surface area contributed by atoms with Gasteiger partial charge in [0.1, 0.15) is 23.0 Å². The second-order valence-electron chi connectivity index (χ2n) is 7.08. The molecule has 4 aromatic carbocycles. The highest BCUT2D eigenvalue weighted by Crippen LogP contribution is 2.29. The fourth-order valence-electron chi connectivity index (χ4n) is 3.25. The Morgan fingerprint density at radius 2 is 0.879 bits per heavy atom. The summed E-state index contributed by atoms with van der Waals surface area (Å²) in [4.78, 5) is 0. The van der Waals surface area contributed by atoms with Crippen LogP contribution in [0, 0.1) is 11.6 Å². The van der Waals surface area contributed by atoms with Crippen LogP contribution in [0.3, 0.4) is 0 Å². The fourth-order valence-corrected chi connectivity index (χ4v) is 3.25. The van der Waals surface area contributed by atoms with Crippen LogP contribution in [0.4, 0.5) is 8.78 Å². The molecule has 0 atom stereocenters. The van der Waals surface area contributed by atoms with E-state index in [1.165, 1.54) is 24.3 Å². The second-order valence-corrected chi connectivity index (χ2v) is 7.08. The van der Waals surface area contributed by atoms with E-state index in [0.717, 1.165) is 30.3 Å². The third-order valence-corrected chi connectivity index (χ3v) is 5.06. The summed E-state index contributed by atoms with van der Waals surface area (Å²) in [6.45, 7) is 0. The SMILES string of the molecule is COc1ccc(-c2ccc(O[B]Oc3ccc(-c4ccc(OC)cc4)cc3F)c(F)c2)cc1. The van der Waals surface area contributed by atoms with Gasteiger partial charge in [0.25, 0.3) is 0 Å². The minimum atomic E-state index is -0.571. The number of hydrogen-bond donors (Lipinski definition) is 0. The lowest BCUT2D eigenvalue weighted by molar-refractivity contribution is 0.415. The predicted molar refractivity (Wildman–Crippen MR) is 124 cm³/mol. The summed E-state index contributed by atoms with van der Waals surface area (Å²) in [5, 5.41) is 0. The van der Waals surface area contributed by atoms with E-state index in [9.17, 15) is 8.78 Å². The Labute approximate surface area is 191 Å². The summed E-state index contributed by atoms with van der Waals surface area (Å²) in [7, 11) is 4.07. The van der Waals surface area contributed by atoms with Crippen LogP contribution in [0.2, 0.25) is 0 Å². The molecule has 0 fully saturated rings. The van der Waals surface area contributed by atoms with Crippen molar-refractivity contribution in [3.63, 3.8) is 0 Å². The van der Waals surface area contributed by atoms with Crippen molar-refractivity contribution >= 4 is 7.69 Å². The van der Waals surface area contributed by atoms with Gasteiger partial charge in [-0.1, -0.05) is 36.4 Å². The molecule has 0 amide bonds. The average Bonchev–Trinajstić information content (AvgIpc) is 2.86. The van der Waals surface area contributed by atoms with E-state index in [2.05, 4.69) is 0 Å². The Morgan fingerprint density at radius 3 is 1.21 bits per heavy atom. The minimum Gasteiger partial charge on any atom is -0.524 e. The van der Waals surface area contributed by atoms with Gasteiger partial charge in [-0.3, -0.25) is 0 Å². The molecule has 0 saturated heterocycles. The molecular formula is C26H20BF2O4. The molecule has 0 aliphatic rings. The number of rotatable bonds is 8. The first-order valence-electron chi connectivity index (χ1n) is 10.1. The molecule has 0 N–H and O–H groups in total. The first-order valence-corrected chi connectivity index (χ1v) is 10.1. The van der Waals surface area contributed by atoms with Gasteiger partial charge in [0.05, 0.1) is 14.2 Å². The zero-order chi connectivity index (χ0) is 23.2. The molecule has 0 aromatic heterocycles. The van der Waals surface area contributed by atoms with Gasteiger partial charge in [0.2, 0.25) is 0 Å². The maximum atomic E-state index is 14.5. The molecule has 0 aliphatic carbocycles. The largest absolute Gasteiger partial charge is 0.658 e. The summed E-state index contributed by atoms with van der Waals surface area (Å²) in [5.41, 5.74) is 3.04. The van der Waals surface area contributed by atoms with E-state index in [0.29, 0.717) is 11.1 Å². The van der Waals surface area contributed by atoms with Crippen molar-refractivity contribution in [2.24, 2.45) is 0 Å². The van der Waals surface area contributed by atoms with Gasteiger partial charge in [-0.25, -0.2) is 8.78 Å². The molecular weight excluding hydrogens is 425 g/mol. The lowest BCUT2D eigenvalue weighted by Crippen LogP contribution is -2.12. The first-order chi connectivity index (χ1) is 16.1. The van der Waals surface area contributed by atoms with Gasteiger partial charge >= 0.3 is 7.69 Å². The highest BCUT2D eigenvalue weighted by molar-refractivity contribution is 6.20. The zero-order valence-electron chi connectivity index (χ0n) is 18.0.